The fourth-order valence-corrected chi connectivity index (χ4v) is 4.16. The van der Waals surface area contributed by atoms with Crippen LogP contribution in [0.2, 0.25) is 0 Å². The molecule has 0 aromatic rings. The zero-order chi connectivity index (χ0) is 24.4. The van der Waals surface area contributed by atoms with Crippen LogP contribution in [0.3, 0.4) is 0 Å². The van der Waals surface area contributed by atoms with Crippen molar-refractivity contribution in [3.05, 3.63) is 48.1 Å². The minimum atomic E-state index is -0.921. The second-order valence-corrected chi connectivity index (χ2v) is 9.01. The van der Waals surface area contributed by atoms with Gasteiger partial charge in [-0.1, -0.05) is 50.3 Å². The fourth-order valence-electron chi connectivity index (χ4n) is 4.16. The van der Waals surface area contributed by atoms with E-state index in [-0.39, 0.29) is 55.1 Å². The first-order chi connectivity index (χ1) is 15.7. The number of rotatable bonds is 7. The summed E-state index contributed by atoms with van der Waals surface area (Å²) < 4.78 is 5.68. The number of ether oxygens (including phenoxy) is 1. The second kappa shape index (κ2) is 13.0. The number of nitrogens with one attached hydrogen (secondary N) is 1. The molecular weight excluding hydrogens is 422 g/mol. The quantitative estimate of drug-likeness (QED) is 0.345. The van der Waals surface area contributed by atoms with Crippen molar-refractivity contribution in [1.82, 2.24) is 5.32 Å². The lowest BCUT2D eigenvalue weighted by Crippen LogP contribution is -2.39. The summed E-state index contributed by atoms with van der Waals surface area (Å²) in [5.41, 5.74) is 0.764. The van der Waals surface area contributed by atoms with Crippen LogP contribution in [0.1, 0.15) is 59.3 Å². The van der Waals surface area contributed by atoms with Crippen LogP contribution in [0.5, 0.6) is 0 Å². The summed E-state index contributed by atoms with van der Waals surface area (Å²) in [7, 11) is 0. The topological polar surface area (TPSA) is 110 Å². The van der Waals surface area contributed by atoms with Gasteiger partial charge in [0.1, 0.15) is 11.9 Å². The Hall–Kier alpha value is -2.80. The monoisotopic (exact) mass is 457 g/mol. The Kier molecular flexibility index (Phi) is 10.5. The summed E-state index contributed by atoms with van der Waals surface area (Å²) in [4.78, 5) is 47.9. The molecule has 2 heterocycles. The van der Waals surface area contributed by atoms with Crippen molar-refractivity contribution in [3.8, 4) is 0 Å². The lowest BCUT2D eigenvalue weighted by molar-refractivity contribution is -0.142. The van der Waals surface area contributed by atoms with Crippen LogP contribution in [-0.2, 0) is 23.9 Å². The molecule has 1 saturated heterocycles. The SMILES string of the molecule is C/C(=C\C(C)C(=O)CC(O)CC1CC(=O)NC(=O)C1)C1OC(=O)/C=C/CC/C=C\C=CC1C. The normalized spacial score (nSPS) is 26.9. The Morgan fingerprint density at radius 2 is 1.85 bits per heavy atom. The standard InChI is InChI=1S/C26H35NO6/c1-17-10-8-6-4-5-7-9-11-25(32)33-26(17)19(3)12-18(2)22(29)16-21(28)13-20-14-23(30)27-24(31)15-20/h4,6,8-12,17-18,20-21,26,28H,5,7,13-16H2,1-3H3,(H,27,30,31)/b6-4-,10-8?,11-9+,19-12+. The van der Waals surface area contributed by atoms with E-state index in [9.17, 15) is 24.3 Å². The van der Waals surface area contributed by atoms with Gasteiger partial charge in [0, 0.05) is 37.2 Å². The van der Waals surface area contributed by atoms with Crippen molar-refractivity contribution in [1.29, 1.82) is 0 Å². The van der Waals surface area contributed by atoms with Gasteiger partial charge in [0.15, 0.2) is 0 Å². The first-order valence-corrected chi connectivity index (χ1v) is 11.6. The molecule has 0 aliphatic carbocycles. The van der Waals surface area contributed by atoms with Crippen molar-refractivity contribution >= 4 is 23.6 Å². The van der Waals surface area contributed by atoms with E-state index in [1.807, 2.05) is 38.2 Å². The maximum absolute atomic E-state index is 12.7. The molecule has 7 nitrogen and oxygen atoms in total. The Labute approximate surface area is 195 Å². The highest BCUT2D eigenvalue weighted by Crippen LogP contribution is 2.24. The number of carbonyl (C=O) groups is 4. The van der Waals surface area contributed by atoms with Gasteiger partial charge in [-0.3, -0.25) is 19.7 Å². The number of esters is 1. The first-order valence-electron chi connectivity index (χ1n) is 11.6. The van der Waals surface area contributed by atoms with Gasteiger partial charge < -0.3 is 9.84 Å². The minimum absolute atomic E-state index is 0.0648. The van der Waals surface area contributed by atoms with Gasteiger partial charge >= 0.3 is 5.97 Å². The molecule has 0 aromatic carbocycles. The Morgan fingerprint density at radius 3 is 2.55 bits per heavy atom. The summed E-state index contributed by atoms with van der Waals surface area (Å²) in [5.74, 6) is -2.10. The van der Waals surface area contributed by atoms with E-state index in [0.29, 0.717) is 0 Å². The van der Waals surface area contributed by atoms with Gasteiger partial charge in [-0.05, 0) is 37.7 Å². The van der Waals surface area contributed by atoms with Crippen LogP contribution in [0, 0.1) is 17.8 Å². The van der Waals surface area contributed by atoms with E-state index in [2.05, 4.69) is 5.32 Å². The molecular formula is C26H35NO6. The number of aliphatic hydroxyl groups excluding tert-OH is 1. The number of aliphatic hydroxyl groups is 1. The van der Waals surface area contributed by atoms with Crippen LogP contribution in [0.4, 0.5) is 0 Å². The van der Waals surface area contributed by atoms with Gasteiger partial charge in [0.25, 0.3) is 0 Å². The average molecular weight is 458 g/mol. The van der Waals surface area contributed by atoms with Crippen molar-refractivity contribution in [2.24, 2.45) is 17.8 Å². The predicted octanol–water partition coefficient (Wildman–Crippen LogP) is 3.34. The summed E-state index contributed by atoms with van der Waals surface area (Å²) >= 11 is 0. The van der Waals surface area contributed by atoms with Crippen molar-refractivity contribution in [2.45, 2.75) is 71.5 Å². The average Bonchev–Trinajstić information content (AvgIpc) is 2.71. The number of piperidine rings is 1. The van der Waals surface area contributed by atoms with Crippen LogP contribution in [0.15, 0.2) is 48.1 Å². The fraction of sp³-hybridized carbons (Fsp3) is 0.538. The molecule has 0 aromatic heterocycles. The Bertz CT molecular complexity index is 837. The number of carbonyl (C=O) groups excluding carboxylic acids is 4. The maximum Gasteiger partial charge on any atom is 0.331 e. The van der Waals surface area contributed by atoms with Crippen LogP contribution in [-0.4, -0.2) is 40.9 Å². The van der Waals surface area contributed by atoms with E-state index in [4.69, 9.17) is 4.74 Å². The van der Waals surface area contributed by atoms with Gasteiger partial charge in [-0.2, -0.15) is 0 Å². The van der Waals surface area contributed by atoms with Crippen molar-refractivity contribution in [2.75, 3.05) is 0 Å². The molecule has 7 heteroatoms. The van der Waals surface area contributed by atoms with E-state index in [0.717, 1.165) is 18.4 Å². The number of Topliss-reactive ketones (excluding diaryl/α,β-unsaturated/α-hetero) is 1. The number of imide groups is 1. The van der Waals surface area contributed by atoms with Crippen LogP contribution >= 0.6 is 0 Å². The lowest BCUT2D eigenvalue weighted by Gasteiger charge is -2.24. The molecule has 2 aliphatic rings. The lowest BCUT2D eigenvalue weighted by atomic mass is 9.88. The molecule has 0 bridgehead atoms. The highest BCUT2D eigenvalue weighted by Gasteiger charge is 2.28. The number of ketones is 1. The molecule has 1 fully saturated rings. The van der Waals surface area contributed by atoms with Crippen LogP contribution < -0.4 is 5.32 Å². The second-order valence-electron chi connectivity index (χ2n) is 9.01. The summed E-state index contributed by atoms with van der Waals surface area (Å²) in [5, 5.41) is 12.6. The van der Waals surface area contributed by atoms with Gasteiger partial charge in [-0.25, -0.2) is 4.79 Å². The third-order valence-corrected chi connectivity index (χ3v) is 5.88. The van der Waals surface area contributed by atoms with Crippen molar-refractivity contribution in [3.63, 3.8) is 0 Å². The van der Waals surface area contributed by atoms with E-state index in [1.54, 1.807) is 19.1 Å². The Morgan fingerprint density at radius 1 is 1.18 bits per heavy atom. The predicted molar refractivity (Wildman–Crippen MR) is 125 cm³/mol. The molecule has 0 saturated carbocycles. The molecule has 0 spiro atoms. The molecule has 0 radical (unpaired) electrons. The van der Waals surface area contributed by atoms with Crippen LogP contribution in [0.25, 0.3) is 0 Å². The molecule has 2 amide bonds. The van der Waals surface area contributed by atoms with E-state index >= 15 is 0 Å². The van der Waals surface area contributed by atoms with Gasteiger partial charge in [0.05, 0.1) is 6.10 Å². The third kappa shape index (κ3) is 9.30. The number of hydrogen-bond acceptors (Lipinski definition) is 6. The zero-order valence-corrected chi connectivity index (χ0v) is 19.7. The largest absolute Gasteiger partial charge is 0.454 e. The molecule has 2 N–H and O–H groups in total. The summed E-state index contributed by atoms with van der Waals surface area (Å²) in [6, 6.07) is 0. The third-order valence-electron chi connectivity index (χ3n) is 5.88. The first kappa shape index (κ1) is 26.5. The van der Waals surface area contributed by atoms with Gasteiger partial charge in [-0.15, -0.1) is 0 Å². The number of hydrogen-bond donors (Lipinski definition) is 2. The van der Waals surface area contributed by atoms with E-state index in [1.165, 1.54) is 6.08 Å². The number of amides is 2. The van der Waals surface area contributed by atoms with Crippen molar-refractivity contribution < 1.29 is 29.0 Å². The summed E-state index contributed by atoms with van der Waals surface area (Å²) in [6.07, 6.45) is 13.6. The van der Waals surface area contributed by atoms with E-state index < -0.39 is 24.1 Å². The Balaban J connectivity index is 2.01. The smallest absolute Gasteiger partial charge is 0.331 e. The molecule has 4 atom stereocenters. The number of allylic oxidation sites excluding steroid dienone is 5. The molecule has 2 rings (SSSR count). The highest BCUT2D eigenvalue weighted by molar-refractivity contribution is 5.97. The maximum atomic E-state index is 12.7. The molecule has 180 valence electrons. The molecule has 33 heavy (non-hydrogen) atoms. The molecule has 2 aliphatic heterocycles. The molecule has 4 unspecified atom stereocenters. The number of cyclic esters (lactones) is 1. The minimum Gasteiger partial charge on any atom is -0.454 e. The highest BCUT2D eigenvalue weighted by atomic mass is 16.5. The summed E-state index contributed by atoms with van der Waals surface area (Å²) in [6.45, 7) is 5.53. The zero-order valence-electron chi connectivity index (χ0n) is 19.7. The van der Waals surface area contributed by atoms with Gasteiger partial charge in [0.2, 0.25) is 11.8 Å².